The summed E-state index contributed by atoms with van der Waals surface area (Å²) in [5.41, 5.74) is 9.29. The molecule has 0 fully saturated rings. The number of halogens is 1. The molecule has 0 saturated carbocycles. The number of aromatic nitrogens is 2. The average Bonchev–Trinajstić information content (AvgIpc) is 3.08. The van der Waals surface area contributed by atoms with Gasteiger partial charge in [-0.15, -0.1) is 0 Å². The Balaban J connectivity index is 1.60. The predicted molar refractivity (Wildman–Crippen MR) is 106 cm³/mol. The van der Waals surface area contributed by atoms with Gasteiger partial charge in [-0.3, -0.25) is 4.79 Å². The van der Waals surface area contributed by atoms with Crippen molar-refractivity contribution in [3.05, 3.63) is 59.0 Å². The predicted octanol–water partition coefficient (Wildman–Crippen LogP) is 2.90. The SMILES string of the molecule is N[C@@H](CCCN=O)CNC(=O)Cc1nc2ccc(-c3ccc(F)cc3)cc2[nH]1. The first-order valence-electron chi connectivity index (χ1n) is 9.11. The van der Waals surface area contributed by atoms with E-state index in [1.807, 2.05) is 18.2 Å². The first-order chi connectivity index (χ1) is 13.5. The number of aromatic amines is 1. The number of nitrogens with two attached hydrogens (primary N) is 1. The van der Waals surface area contributed by atoms with Gasteiger partial charge in [-0.05, 0) is 48.2 Å². The van der Waals surface area contributed by atoms with Gasteiger partial charge in [-0.2, -0.15) is 4.91 Å². The maximum atomic E-state index is 13.1. The summed E-state index contributed by atoms with van der Waals surface area (Å²) in [6, 6.07) is 11.8. The van der Waals surface area contributed by atoms with Crippen molar-refractivity contribution in [1.29, 1.82) is 0 Å². The minimum Gasteiger partial charge on any atom is -0.354 e. The monoisotopic (exact) mass is 383 g/mol. The van der Waals surface area contributed by atoms with E-state index < -0.39 is 0 Å². The van der Waals surface area contributed by atoms with Gasteiger partial charge in [-0.25, -0.2) is 9.37 Å². The molecular weight excluding hydrogens is 361 g/mol. The molecule has 1 aromatic heterocycles. The van der Waals surface area contributed by atoms with Crippen molar-refractivity contribution in [3.63, 3.8) is 0 Å². The number of hydrogen-bond donors (Lipinski definition) is 3. The van der Waals surface area contributed by atoms with Crippen molar-refractivity contribution in [2.24, 2.45) is 10.9 Å². The number of hydrogen-bond acceptors (Lipinski definition) is 5. The highest BCUT2D eigenvalue weighted by Crippen LogP contribution is 2.23. The van der Waals surface area contributed by atoms with Crippen LogP contribution in [0, 0.1) is 10.7 Å². The molecule has 28 heavy (non-hydrogen) atoms. The van der Waals surface area contributed by atoms with E-state index in [-0.39, 0.29) is 30.7 Å². The quantitative estimate of drug-likeness (QED) is 0.389. The topological polar surface area (TPSA) is 113 Å². The van der Waals surface area contributed by atoms with Crippen LogP contribution in [-0.4, -0.2) is 35.0 Å². The molecule has 0 bridgehead atoms. The summed E-state index contributed by atoms with van der Waals surface area (Å²) in [5, 5.41) is 5.56. The molecule has 0 radical (unpaired) electrons. The molecule has 0 saturated heterocycles. The molecular formula is C20H22FN5O2. The number of nitrogens with one attached hydrogen (secondary N) is 2. The number of nitroso groups, excluding NO2 is 1. The fraction of sp³-hybridized carbons (Fsp3) is 0.300. The number of H-pyrrole nitrogens is 1. The zero-order valence-electron chi connectivity index (χ0n) is 15.3. The normalized spacial score (nSPS) is 12.1. The van der Waals surface area contributed by atoms with Crippen molar-refractivity contribution < 1.29 is 9.18 Å². The maximum absolute atomic E-state index is 13.1. The fourth-order valence-corrected chi connectivity index (χ4v) is 2.95. The summed E-state index contributed by atoms with van der Waals surface area (Å²) in [6.07, 6.45) is 1.35. The zero-order chi connectivity index (χ0) is 19.9. The van der Waals surface area contributed by atoms with Crippen LogP contribution in [0.4, 0.5) is 4.39 Å². The summed E-state index contributed by atoms with van der Waals surface area (Å²) < 4.78 is 13.1. The second kappa shape index (κ2) is 9.18. The van der Waals surface area contributed by atoms with Gasteiger partial charge in [0.05, 0.1) is 24.0 Å². The minimum atomic E-state index is -0.278. The molecule has 0 unspecified atom stereocenters. The van der Waals surface area contributed by atoms with Gasteiger partial charge >= 0.3 is 0 Å². The molecule has 4 N–H and O–H groups in total. The lowest BCUT2D eigenvalue weighted by Crippen LogP contribution is -2.38. The van der Waals surface area contributed by atoms with E-state index in [9.17, 15) is 14.1 Å². The van der Waals surface area contributed by atoms with Crippen LogP contribution in [0.3, 0.4) is 0 Å². The number of carbonyl (C=O) groups excluding carboxylic acids is 1. The molecule has 0 spiro atoms. The fourth-order valence-electron chi connectivity index (χ4n) is 2.95. The Labute approximate surface area is 161 Å². The number of carbonyl (C=O) groups is 1. The zero-order valence-corrected chi connectivity index (χ0v) is 15.3. The lowest BCUT2D eigenvalue weighted by Gasteiger charge is -2.11. The molecule has 1 amide bonds. The largest absolute Gasteiger partial charge is 0.354 e. The highest BCUT2D eigenvalue weighted by Gasteiger charge is 2.11. The van der Waals surface area contributed by atoms with Crippen molar-refractivity contribution >= 4 is 16.9 Å². The van der Waals surface area contributed by atoms with Gasteiger partial charge in [0.25, 0.3) is 0 Å². The number of rotatable bonds is 9. The number of fused-ring (bicyclic) bond motifs is 1. The molecule has 8 heteroatoms. The van der Waals surface area contributed by atoms with E-state index >= 15 is 0 Å². The summed E-state index contributed by atoms with van der Waals surface area (Å²) in [6.45, 7) is 0.577. The van der Waals surface area contributed by atoms with Crippen molar-refractivity contribution in [2.75, 3.05) is 13.1 Å². The Morgan fingerprint density at radius 3 is 2.71 bits per heavy atom. The molecule has 3 aromatic rings. The molecule has 1 atom stereocenters. The Morgan fingerprint density at radius 2 is 1.96 bits per heavy atom. The first-order valence-corrected chi connectivity index (χ1v) is 9.11. The maximum Gasteiger partial charge on any atom is 0.227 e. The van der Waals surface area contributed by atoms with Crippen LogP contribution >= 0.6 is 0 Å². The molecule has 7 nitrogen and oxygen atoms in total. The standard InChI is InChI=1S/C20H22FN5O2/c21-15-6-3-13(4-7-15)14-5-8-17-18(10-14)26-19(25-17)11-20(27)23-12-16(22)2-1-9-24-28/h3-8,10,16H,1-2,9,11-12,22H2,(H,23,27)(H,25,26)/t16-/m0/s1. The van der Waals surface area contributed by atoms with Gasteiger partial charge in [0, 0.05) is 12.6 Å². The van der Waals surface area contributed by atoms with Gasteiger partial charge < -0.3 is 16.0 Å². The summed E-state index contributed by atoms with van der Waals surface area (Å²) in [4.78, 5) is 29.8. The smallest absolute Gasteiger partial charge is 0.227 e. The Bertz CT molecular complexity index is 955. The van der Waals surface area contributed by atoms with Crippen LogP contribution in [0.2, 0.25) is 0 Å². The third-order valence-corrected chi connectivity index (χ3v) is 4.42. The number of amides is 1. The lowest BCUT2D eigenvalue weighted by atomic mass is 10.1. The van der Waals surface area contributed by atoms with E-state index in [1.54, 1.807) is 12.1 Å². The van der Waals surface area contributed by atoms with E-state index in [0.717, 1.165) is 22.2 Å². The number of imidazole rings is 1. The Kier molecular flexibility index (Phi) is 6.44. The third kappa shape index (κ3) is 5.20. The Morgan fingerprint density at radius 1 is 1.21 bits per heavy atom. The molecule has 0 aliphatic heterocycles. The van der Waals surface area contributed by atoms with Crippen molar-refractivity contribution in [2.45, 2.75) is 25.3 Å². The summed E-state index contributed by atoms with van der Waals surface area (Å²) in [5.74, 6) is 0.101. The second-order valence-corrected chi connectivity index (χ2v) is 6.66. The number of nitrogens with zero attached hydrogens (tertiary/aromatic N) is 2. The van der Waals surface area contributed by atoms with Gasteiger partial charge in [0.15, 0.2) is 0 Å². The third-order valence-electron chi connectivity index (χ3n) is 4.42. The summed E-state index contributed by atoms with van der Waals surface area (Å²) in [7, 11) is 0. The molecule has 2 aromatic carbocycles. The van der Waals surface area contributed by atoms with Gasteiger partial charge in [0.1, 0.15) is 11.6 Å². The number of benzene rings is 2. The lowest BCUT2D eigenvalue weighted by molar-refractivity contribution is -0.120. The van der Waals surface area contributed by atoms with Crippen LogP contribution in [0.15, 0.2) is 47.6 Å². The van der Waals surface area contributed by atoms with Gasteiger partial charge in [0.2, 0.25) is 5.91 Å². The van der Waals surface area contributed by atoms with Crippen LogP contribution < -0.4 is 11.1 Å². The molecule has 1 heterocycles. The van der Waals surface area contributed by atoms with Gasteiger partial charge in [-0.1, -0.05) is 23.4 Å². The average molecular weight is 383 g/mol. The first kappa shape index (κ1) is 19.6. The van der Waals surface area contributed by atoms with Crippen LogP contribution in [0.25, 0.3) is 22.2 Å². The van der Waals surface area contributed by atoms with Crippen molar-refractivity contribution in [1.82, 2.24) is 15.3 Å². The Hall–Kier alpha value is -3.13. The highest BCUT2D eigenvalue weighted by atomic mass is 19.1. The van der Waals surface area contributed by atoms with Crippen LogP contribution in [0.1, 0.15) is 18.7 Å². The van der Waals surface area contributed by atoms with E-state index in [2.05, 4.69) is 20.5 Å². The molecule has 0 aliphatic rings. The molecule has 0 aliphatic carbocycles. The van der Waals surface area contributed by atoms with Crippen LogP contribution in [0.5, 0.6) is 0 Å². The van der Waals surface area contributed by atoms with Crippen molar-refractivity contribution in [3.8, 4) is 11.1 Å². The highest BCUT2D eigenvalue weighted by molar-refractivity contribution is 5.83. The van der Waals surface area contributed by atoms with Crippen LogP contribution in [-0.2, 0) is 11.2 Å². The molecule has 146 valence electrons. The van der Waals surface area contributed by atoms with E-state index in [0.29, 0.717) is 25.2 Å². The minimum absolute atomic E-state index is 0.114. The summed E-state index contributed by atoms with van der Waals surface area (Å²) >= 11 is 0. The molecule has 3 rings (SSSR count). The van der Waals surface area contributed by atoms with E-state index in [4.69, 9.17) is 5.73 Å². The second-order valence-electron chi connectivity index (χ2n) is 6.66. The van der Waals surface area contributed by atoms with E-state index in [1.165, 1.54) is 12.1 Å².